The maximum Gasteiger partial charge on any atom is 0.234 e. The fourth-order valence-corrected chi connectivity index (χ4v) is 3.70. The predicted molar refractivity (Wildman–Crippen MR) is 81.4 cm³/mol. The van der Waals surface area contributed by atoms with Crippen LogP contribution in [0.2, 0.25) is 0 Å². The lowest BCUT2D eigenvalue weighted by Gasteiger charge is -2.18. The second kappa shape index (κ2) is 6.68. The Hall–Kier alpha value is -1.24. The predicted octanol–water partition coefficient (Wildman–Crippen LogP) is 3.03. The second-order valence-corrected chi connectivity index (χ2v) is 6.42. The normalized spacial score (nSPS) is 19.4. The van der Waals surface area contributed by atoms with Gasteiger partial charge in [0.25, 0.3) is 0 Å². The molecule has 2 heterocycles. The first kappa shape index (κ1) is 14.7. The number of aryl methyl sites for hydroxylation is 1. The van der Waals surface area contributed by atoms with Gasteiger partial charge in [0.2, 0.25) is 5.89 Å². The number of fused-ring (bicyclic) bond motifs is 1. The van der Waals surface area contributed by atoms with Gasteiger partial charge in [-0.2, -0.15) is 4.98 Å². The third-order valence-corrected chi connectivity index (χ3v) is 4.78. The highest BCUT2D eigenvalue weighted by Gasteiger charge is 2.28. The van der Waals surface area contributed by atoms with E-state index in [1.807, 2.05) is 11.3 Å². The molecule has 1 aliphatic rings. The van der Waals surface area contributed by atoms with Crippen LogP contribution in [0.25, 0.3) is 0 Å². The van der Waals surface area contributed by atoms with Gasteiger partial charge in [-0.15, -0.1) is 11.3 Å². The zero-order valence-electron chi connectivity index (χ0n) is 12.2. The zero-order chi connectivity index (χ0) is 14.7. The molecule has 0 aromatic carbocycles. The molecule has 0 saturated heterocycles. The Kier molecular flexibility index (Phi) is 4.67. The number of nitrogens with two attached hydrogens (primary N) is 1. The number of nitrogens with zero attached hydrogens (tertiary/aromatic N) is 2. The molecule has 2 unspecified atom stereocenters. The van der Waals surface area contributed by atoms with Gasteiger partial charge in [-0.3, -0.25) is 0 Å². The van der Waals surface area contributed by atoms with Gasteiger partial charge in [-0.1, -0.05) is 12.1 Å². The molecule has 21 heavy (non-hydrogen) atoms. The van der Waals surface area contributed by atoms with E-state index < -0.39 is 0 Å². The van der Waals surface area contributed by atoms with Gasteiger partial charge in [-0.05, 0) is 42.7 Å². The molecule has 2 atom stereocenters. The summed E-state index contributed by atoms with van der Waals surface area (Å²) in [6.07, 6.45) is 4.37. The average Bonchev–Trinajstić information content (AvgIpc) is 3.16. The molecule has 0 saturated carbocycles. The Labute approximate surface area is 128 Å². The van der Waals surface area contributed by atoms with Crippen LogP contribution in [0.4, 0.5) is 0 Å². The van der Waals surface area contributed by atoms with Crippen molar-refractivity contribution in [2.24, 2.45) is 5.73 Å². The minimum atomic E-state index is -0.320. The van der Waals surface area contributed by atoms with Crippen LogP contribution in [0.1, 0.15) is 60.3 Å². The smallest absolute Gasteiger partial charge is 0.234 e. The van der Waals surface area contributed by atoms with Crippen molar-refractivity contribution in [3.63, 3.8) is 0 Å². The van der Waals surface area contributed by atoms with E-state index in [-0.39, 0.29) is 12.0 Å². The molecular formula is C15H21N3O2S. The van der Waals surface area contributed by atoms with Crippen molar-refractivity contribution in [1.29, 1.82) is 0 Å². The minimum Gasteiger partial charge on any atom is -0.379 e. The molecule has 2 aromatic heterocycles. The summed E-state index contributed by atoms with van der Waals surface area (Å²) in [6, 6.07) is 1.86. The lowest BCUT2D eigenvalue weighted by atomic mass is 9.88. The third kappa shape index (κ3) is 3.17. The summed E-state index contributed by atoms with van der Waals surface area (Å²) in [5, 5.41) is 6.18. The number of aromatic nitrogens is 2. The Morgan fingerprint density at radius 1 is 1.57 bits per heavy atom. The fraction of sp³-hybridized carbons (Fsp3) is 0.600. The van der Waals surface area contributed by atoms with Crippen LogP contribution in [-0.2, 0) is 11.2 Å². The van der Waals surface area contributed by atoms with Crippen LogP contribution in [-0.4, -0.2) is 23.4 Å². The third-order valence-electron chi connectivity index (χ3n) is 3.78. The van der Waals surface area contributed by atoms with Gasteiger partial charge < -0.3 is 15.0 Å². The van der Waals surface area contributed by atoms with Gasteiger partial charge in [0.15, 0.2) is 5.82 Å². The largest absolute Gasteiger partial charge is 0.379 e. The van der Waals surface area contributed by atoms with Crippen LogP contribution >= 0.6 is 11.3 Å². The van der Waals surface area contributed by atoms with Gasteiger partial charge >= 0.3 is 0 Å². The van der Waals surface area contributed by atoms with E-state index in [2.05, 4.69) is 28.5 Å². The Balaban J connectivity index is 1.71. The van der Waals surface area contributed by atoms with Crippen LogP contribution in [0.15, 0.2) is 16.0 Å². The van der Waals surface area contributed by atoms with Crippen LogP contribution < -0.4 is 5.73 Å². The summed E-state index contributed by atoms with van der Waals surface area (Å²) in [5.41, 5.74) is 7.39. The van der Waals surface area contributed by atoms with E-state index in [4.69, 9.17) is 15.0 Å². The molecule has 6 heteroatoms. The van der Waals surface area contributed by atoms with Crippen LogP contribution in [0, 0.1) is 0 Å². The molecule has 0 fully saturated rings. The first-order valence-electron chi connectivity index (χ1n) is 7.52. The number of hydrogen-bond acceptors (Lipinski definition) is 6. The van der Waals surface area contributed by atoms with Gasteiger partial charge in [0.1, 0.15) is 0 Å². The number of rotatable bonds is 6. The zero-order valence-corrected chi connectivity index (χ0v) is 13.1. The van der Waals surface area contributed by atoms with E-state index in [1.54, 1.807) is 0 Å². The molecule has 3 rings (SSSR count). The van der Waals surface area contributed by atoms with E-state index >= 15 is 0 Å². The molecule has 0 spiro atoms. The molecule has 114 valence electrons. The van der Waals surface area contributed by atoms with E-state index in [0.29, 0.717) is 24.9 Å². The quantitative estimate of drug-likeness (QED) is 0.830. The fourth-order valence-electron chi connectivity index (χ4n) is 2.71. The summed E-state index contributed by atoms with van der Waals surface area (Å²) >= 11 is 1.82. The molecular weight excluding hydrogens is 286 g/mol. The van der Waals surface area contributed by atoms with Crippen molar-refractivity contribution >= 4 is 11.3 Å². The summed E-state index contributed by atoms with van der Waals surface area (Å²) in [6.45, 7) is 3.21. The van der Waals surface area contributed by atoms with E-state index in [9.17, 15) is 0 Å². The van der Waals surface area contributed by atoms with Gasteiger partial charge in [0.05, 0.1) is 18.6 Å². The maximum absolute atomic E-state index is 6.05. The van der Waals surface area contributed by atoms with Crippen LogP contribution in [0.5, 0.6) is 0 Å². The highest BCUT2D eigenvalue weighted by molar-refractivity contribution is 7.10. The topological polar surface area (TPSA) is 74.2 Å². The highest BCUT2D eigenvalue weighted by Crippen LogP contribution is 2.38. The first-order chi connectivity index (χ1) is 10.3. The highest BCUT2D eigenvalue weighted by atomic mass is 32.1. The molecule has 0 radical (unpaired) electrons. The lowest BCUT2D eigenvalue weighted by molar-refractivity contribution is 0.119. The van der Waals surface area contributed by atoms with Gasteiger partial charge in [-0.25, -0.2) is 0 Å². The van der Waals surface area contributed by atoms with Crippen molar-refractivity contribution in [3.05, 3.63) is 33.6 Å². The lowest BCUT2D eigenvalue weighted by Crippen LogP contribution is -2.19. The summed E-state index contributed by atoms with van der Waals surface area (Å²) in [4.78, 5) is 5.96. The summed E-state index contributed by atoms with van der Waals surface area (Å²) in [5.74, 6) is 1.46. The average molecular weight is 307 g/mol. The molecule has 5 nitrogen and oxygen atoms in total. The molecule has 0 bridgehead atoms. The van der Waals surface area contributed by atoms with E-state index in [1.165, 1.54) is 16.9 Å². The minimum absolute atomic E-state index is 0.227. The van der Waals surface area contributed by atoms with Crippen molar-refractivity contribution in [2.75, 3.05) is 13.2 Å². The van der Waals surface area contributed by atoms with Crippen molar-refractivity contribution in [3.8, 4) is 0 Å². The standard InChI is InChI=1S/C15H21N3O2S/c1-2-7-19-9-12(16)14-17-15(20-18-14)11-4-3-5-13-10(11)6-8-21-13/h6,8,11-12H,2-5,7,9,16H2,1H3. The van der Waals surface area contributed by atoms with E-state index in [0.717, 1.165) is 19.3 Å². The maximum atomic E-state index is 6.05. The Bertz CT molecular complexity index is 581. The molecule has 0 aliphatic heterocycles. The monoisotopic (exact) mass is 307 g/mol. The Morgan fingerprint density at radius 3 is 3.33 bits per heavy atom. The summed E-state index contributed by atoms with van der Waals surface area (Å²) < 4.78 is 10.9. The van der Waals surface area contributed by atoms with Crippen molar-refractivity contribution in [2.45, 2.75) is 44.6 Å². The Morgan fingerprint density at radius 2 is 2.48 bits per heavy atom. The molecule has 2 aromatic rings. The number of hydrogen-bond donors (Lipinski definition) is 1. The molecule has 0 amide bonds. The molecule has 1 aliphatic carbocycles. The first-order valence-corrected chi connectivity index (χ1v) is 8.40. The number of ether oxygens (including phenoxy) is 1. The second-order valence-electron chi connectivity index (χ2n) is 5.42. The molecule has 2 N–H and O–H groups in total. The van der Waals surface area contributed by atoms with Gasteiger partial charge in [0, 0.05) is 11.5 Å². The van der Waals surface area contributed by atoms with Crippen molar-refractivity contribution in [1.82, 2.24) is 10.1 Å². The van der Waals surface area contributed by atoms with Crippen LogP contribution in [0.3, 0.4) is 0 Å². The van der Waals surface area contributed by atoms with Crippen molar-refractivity contribution < 1.29 is 9.26 Å². The SMILES string of the molecule is CCCOCC(N)c1noc(C2CCCc3sccc32)n1. The summed E-state index contributed by atoms with van der Waals surface area (Å²) in [7, 11) is 0. The number of thiophene rings is 1.